The third-order valence-electron chi connectivity index (χ3n) is 2.60. The number of ether oxygens (including phenoxy) is 1. The van der Waals surface area contributed by atoms with Gasteiger partial charge in [-0.15, -0.1) is 0 Å². The van der Waals surface area contributed by atoms with Crippen molar-refractivity contribution in [2.45, 2.75) is 18.8 Å². The van der Waals surface area contributed by atoms with Crippen LogP contribution in [-0.2, 0) is 0 Å². The van der Waals surface area contributed by atoms with Crippen LogP contribution in [0.4, 0.5) is 0 Å². The topological polar surface area (TPSA) is 47.0 Å². The maximum Gasteiger partial charge on any atom is 0.316 e. The number of rotatable bonds is 2. The Morgan fingerprint density at radius 2 is 2.21 bits per heavy atom. The van der Waals surface area contributed by atoms with Gasteiger partial charge >= 0.3 is 6.01 Å². The minimum absolute atomic E-state index is 0.473. The van der Waals surface area contributed by atoms with Crippen molar-refractivity contribution in [3.8, 4) is 6.01 Å². The zero-order valence-corrected chi connectivity index (χ0v) is 8.36. The van der Waals surface area contributed by atoms with Gasteiger partial charge in [0, 0.05) is 12.1 Å². The lowest BCUT2D eigenvalue weighted by Crippen LogP contribution is -2.27. The van der Waals surface area contributed by atoms with Gasteiger partial charge in [-0.2, -0.15) is 4.98 Å². The van der Waals surface area contributed by atoms with Crippen molar-refractivity contribution in [3.63, 3.8) is 0 Å². The molecule has 1 aliphatic heterocycles. The summed E-state index contributed by atoms with van der Waals surface area (Å²) in [5, 5.41) is 3.34. The highest BCUT2D eigenvalue weighted by Crippen LogP contribution is 2.23. The van der Waals surface area contributed by atoms with E-state index in [0.29, 0.717) is 11.9 Å². The third-order valence-corrected chi connectivity index (χ3v) is 2.60. The van der Waals surface area contributed by atoms with Crippen LogP contribution in [0.1, 0.15) is 24.5 Å². The van der Waals surface area contributed by atoms with Crippen LogP contribution in [0.25, 0.3) is 0 Å². The van der Waals surface area contributed by atoms with E-state index in [9.17, 15) is 0 Å². The number of nitrogens with zero attached hydrogens (tertiary/aromatic N) is 2. The van der Waals surface area contributed by atoms with Crippen molar-refractivity contribution in [2.24, 2.45) is 0 Å². The molecular formula is C10H15N3O. The summed E-state index contributed by atoms with van der Waals surface area (Å²) in [4.78, 5) is 8.36. The second kappa shape index (κ2) is 4.37. The third kappa shape index (κ3) is 2.01. The zero-order valence-electron chi connectivity index (χ0n) is 8.36. The minimum Gasteiger partial charge on any atom is -0.467 e. The quantitative estimate of drug-likeness (QED) is 0.759. The van der Waals surface area contributed by atoms with Gasteiger partial charge in [0.15, 0.2) is 0 Å². The van der Waals surface area contributed by atoms with Gasteiger partial charge in [-0.05, 0) is 32.0 Å². The minimum atomic E-state index is 0.473. The average molecular weight is 193 g/mol. The molecule has 4 nitrogen and oxygen atoms in total. The van der Waals surface area contributed by atoms with E-state index in [1.807, 2.05) is 6.07 Å². The fraction of sp³-hybridized carbons (Fsp3) is 0.600. The molecule has 0 saturated carbocycles. The van der Waals surface area contributed by atoms with Crippen molar-refractivity contribution < 1.29 is 4.74 Å². The Kier molecular flexibility index (Phi) is 2.93. The SMILES string of the molecule is COc1nccc(C2CCNCC2)n1. The second-order valence-electron chi connectivity index (χ2n) is 3.49. The van der Waals surface area contributed by atoms with E-state index in [1.165, 1.54) is 0 Å². The molecule has 2 rings (SSSR count). The van der Waals surface area contributed by atoms with E-state index in [2.05, 4.69) is 15.3 Å². The Bertz CT molecular complexity index is 297. The van der Waals surface area contributed by atoms with Crippen molar-refractivity contribution in [1.82, 2.24) is 15.3 Å². The molecule has 0 aliphatic carbocycles. The van der Waals surface area contributed by atoms with E-state index < -0.39 is 0 Å². The Labute approximate surface area is 83.7 Å². The standard InChI is InChI=1S/C10H15N3O/c1-14-10-12-7-4-9(13-10)8-2-5-11-6-3-8/h4,7-8,11H,2-3,5-6H2,1H3. The molecule has 0 atom stereocenters. The molecule has 0 amide bonds. The summed E-state index contributed by atoms with van der Waals surface area (Å²) in [5.41, 5.74) is 1.11. The predicted molar refractivity (Wildman–Crippen MR) is 53.4 cm³/mol. The van der Waals surface area contributed by atoms with Crippen LogP contribution >= 0.6 is 0 Å². The Balaban J connectivity index is 2.13. The summed E-state index contributed by atoms with van der Waals surface area (Å²) in [7, 11) is 1.60. The highest BCUT2D eigenvalue weighted by atomic mass is 16.5. The molecule has 76 valence electrons. The van der Waals surface area contributed by atoms with Gasteiger partial charge in [0.05, 0.1) is 12.8 Å². The van der Waals surface area contributed by atoms with E-state index >= 15 is 0 Å². The summed E-state index contributed by atoms with van der Waals surface area (Å²) in [6.07, 6.45) is 4.07. The first-order chi connectivity index (χ1) is 6.90. The molecule has 0 spiro atoms. The van der Waals surface area contributed by atoms with Crippen LogP contribution in [0, 0.1) is 0 Å². The van der Waals surface area contributed by atoms with Gasteiger partial charge in [-0.25, -0.2) is 4.98 Å². The number of hydrogen-bond acceptors (Lipinski definition) is 4. The maximum absolute atomic E-state index is 5.01. The first-order valence-electron chi connectivity index (χ1n) is 4.98. The molecule has 1 aromatic rings. The largest absolute Gasteiger partial charge is 0.467 e. The fourth-order valence-electron chi connectivity index (χ4n) is 1.80. The lowest BCUT2D eigenvalue weighted by atomic mass is 9.94. The lowest BCUT2D eigenvalue weighted by Gasteiger charge is -2.21. The van der Waals surface area contributed by atoms with Crippen molar-refractivity contribution in [1.29, 1.82) is 0 Å². The molecule has 1 aliphatic rings. The number of nitrogens with one attached hydrogen (secondary N) is 1. The molecule has 0 unspecified atom stereocenters. The van der Waals surface area contributed by atoms with Gasteiger partial charge in [-0.1, -0.05) is 0 Å². The van der Waals surface area contributed by atoms with E-state index in [-0.39, 0.29) is 0 Å². The summed E-state index contributed by atoms with van der Waals surface area (Å²) in [6.45, 7) is 2.16. The number of aromatic nitrogens is 2. The monoisotopic (exact) mass is 193 g/mol. The van der Waals surface area contributed by atoms with E-state index in [4.69, 9.17) is 4.74 Å². The smallest absolute Gasteiger partial charge is 0.316 e. The molecule has 4 heteroatoms. The first kappa shape index (κ1) is 9.40. The molecular weight excluding hydrogens is 178 g/mol. The van der Waals surface area contributed by atoms with Gasteiger partial charge in [0.1, 0.15) is 0 Å². The van der Waals surface area contributed by atoms with Crippen LogP contribution < -0.4 is 10.1 Å². The lowest BCUT2D eigenvalue weighted by molar-refractivity contribution is 0.372. The highest BCUT2D eigenvalue weighted by Gasteiger charge is 2.16. The van der Waals surface area contributed by atoms with Gasteiger partial charge in [0.2, 0.25) is 0 Å². The van der Waals surface area contributed by atoms with Gasteiger partial charge in [-0.3, -0.25) is 0 Å². The summed E-state index contributed by atoms with van der Waals surface area (Å²) in [5.74, 6) is 0.563. The molecule has 2 heterocycles. The number of methoxy groups -OCH3 is 1. The summed E-state index contributed by atoms with van der Waals surface area (Å²) in [6, 6.07) is 2.46. The molecule has 14 heavy (non-hydrogen) atoms. The van der Waals surface area contributed by atoms with Crippen LogP contribution in [0.2, 0.25) is 0 Å². The maximum atomic E-state index is 5.01. The normalized spacial score (nSPS) is 18.1. The first-order valence-corrected chi connectivity index (χ1v) is 4.98. The summed E-state index contributed by atoms with van der Waals surface area (Å²) < 4.78 is 5.01. The molecule has 1 N–H and O–H groups in total. The predicted octanol–water partition coefficient (Wildman–Crippen LogP) is 0.952. The van der Waals surface area contributed by atoms with Crippen LogP contribution in [-0.4, -0.2) is 30.2 Å². The molecule has 0 bridgehead atoms. The fourth-order valence-corrected chi connectivity index (χ4v) is 1.80. The van der Waals surface area contributed by atoms with Gasteiger partial charge in [0.25, 0.3) is 0 Å². The molecule has 1 fully saturated rings. The summed E-state index contributed by atoms with van der Waals surface area (Å²) >= 11 is 0. The number of piperidine rings is 1. The number of hydrogen-bond donors (Lipinski definition) is 1. The average Bonchev–Trinajstić information content (AvgIpc) is 2.30. The van der Waals surface area contributed by atoms with E-state index in [1.54, 1.807) is 13.3 Å². The van der Waals surface area contributed by atoms with Crippen LogP contribution in [0.15, 0.2) is 12.3 Å². The van der Waals surface area contributed by atoms with Gasteiger partial charge < -0.3 is 10.1 Å². The molecule has 1 saturated heterocycles. The van der Waals surface area contributed by atoms with Crippen molar-refractivity contribution in [3.05, 3.63) is 18.0 Å². The Hall–Kier alpha value is -1.16. The molecule has 0 aromatic carbocycles. The highest BCUT2D eigenvalue weighted by molar-refractivity contribution is 5.11. The molecule has 0 radical (unpaired) electrons. The Morgan fingerprint density at radius 3 is 2.93 bits per heavy atom. The van der Waals surface area contributed by atoms with Crippen LogP contribution in [0.5, 0.6) is 6.01 Å². The second-order valence-corrected chi connectivity index (χ2v) is 3.49. The van der Waals surface area contributed by atoms with E-state index in [0.717, 1.165) is 31.6 Å². The van der Waals surface area contributed by atoms with Crippen molar-refractivity contribution in [2.75, 3.05) is 20.2 Å². The van der Waals surface area contributed by atoms with Crippen LogP contribution in [0.3, 0.4) is 0 Å². The zero-order chi connectivity index (χ0) is 9.80. The Morgan fingerprint density at radius 1 is 1.43 bits per heavy atom. The molecule has 1 aromatic heterocycles. The van der Waals surface area contributed by atoms with Crippen molar-refractivity contribution >= 4 is 0 Å².